The topological polar surface area (TPSA) is 61.3 Å². The molecule has 1 atom stereocenters. The highest BCUT2D eigenvalue weighted by Gasteiger charge is 2.32. The van der Waals surface area contributed by atoms with Gasteiger partial charge in [0.2, 0.25) is 0 Å². The van der Waals surface area contributed by atoms with Crippen molar-refractivity contribution in [3.63, 3.8) is 0 Å². The van der Waals surface area contributed by atoms with Gasteiger partial charge in [0.1, 0.15) is 5.75 Å². The molecule has 0 aliphatic heterocycles. The molecule has 1 unspecified atom stereocenters. The van der Waals surface area contributed by atoms with Gasteiger partial charge in [-0.3, -0.25) is 0 Å². The molecule has 1 aliphatic rings. The molecule has 17 heavy (non-hydrogen) atoms. The highest BCUT2D eigenvalue weighted by atomic mass is 32.2. The molecule has 4 N–H and O–H groups in total. The SMILES string of the molecule is COc1ccc(SC)c2c1CC(N)(CN)CC2. The fraction of sp³-hybridized carbons (Fsp3) is 0.538. The first kappa shape index (κ1) is 12.7. The Labute approximate surface area is 107 Å². The zero-order valence-electron chi connectivity index (χ0n) is 10.5. The third-order valence-corrected chi connectivity index (χ3v) is 4.42. The maximum absolute atomic E-state index is 6.30. The van der Waals surface area contributed by atoms with Crippen molar-refractivity contribution in [2.75, 3.05) is 19.9 Å². The van der Waals surface area contributed by atoms with Crippen molar-refractivity contribution in [3.8, 4) is 5.75 Å². The Hall–Kier alpha value is -0.710. The molecule has 1 aliphatic carbocycles. The molecule has 94 valence electrons. The van der Waals surface area contributed by atoms with Gasteiger partial charge < -0.3 is 16.2 Å². The molecule has 0 aromatic heterocycles. The second-order valence-electron chi connectivity index (χ2n) is 4.67. The summed E-state index contributed by atoms with van der Waals surface area (Å²) in [6.07, 6.45) is 4.87. The van der Waals surface area contributed by atoms with Crippen molar-refractivity contribution < 1.29 is 4.74 Å². The molecule has 2 rings (SSSR count). The van der Waals surface area contributed by atoms with Gasteiger partial charge in [-0.15, -0.1) is 11.8 Å². The monoisotopic (exact) mass is 252 g/mol. The van der Waals surface area contributed by atoms with Crippen LogP contribution in [-0.4, -0.2) is 25.4 Å². The number of methoxy groups -OCH3 is 1. The molecular weight excluding hydrogens is 232 g/mol. The smallest absolute Gasteiger partial charge is 0.122 e. The average molecular weight is 252 g/mol. The Morgan fingerprint density at radius 1 is 1.41 bits per heavy atom. The molecule has 3 nitrogen and oxygen atoms in total. The molecule has 0 spiro atoms. The van der Waals surface area contributed by atoms with Crippen LogP contribution in [0.4, 0.5) is 0 Å². The van der Waals surface area contributed by atoms with Crippen LogP contribution in [0.1, 0.15) is 17.5 Å². The van der Waals surface area contributed by atoms with E-state index in [-0.39, 0.29) is 5.54 Å². The van der Waals surface area contributed by atoms with E-state index in [2.05, 4.69) is 12.3 Å². The lowest BCUT2D eigenvalue weighted by Gasteiger charge is -2.35. The summed E-state index contributed by atoms with van der Waals surface area (Å²) in [6, 6.07) is 4.17. The maximum atomic E-state index is 6.30. The summed E-state index contributed by atoms with van der Waals surface area (Å²) in [4.78, 5) is 1.33. The van der Waals surface area contributed by atoms with E-state index in [0.29, 0.717) is 6.54 Å². The maximum Gasteiger partial charge on any atom is 0.122 e. The molecule has 1 aromatic carbocycles. The van der Waals surface area contributed by atoms with Gasteiger partial charge in [-0.25, -0.2) is 0 Å². The summed E-state index contributed by atoms with van der Waals surface area (Å²) in [5.41, 5.74) is 14.5. The van der Waals surface area contributed by atoms with Crippen LogP contribution in [0.25, 0.3) is 0 Å². The minimum absolute atomic E-state index is 0.267. The number of hydrogen-bond donors (Lipinski definition) is 2. The molecule has 0 radical (unpaired) electrons. The van der Waals surface area contributed by atoms with Gasteiger partial charge in [0, 0.05) is 22.5 Å². The Morgan fingerprint density at radius 3 is 2.76 bits per heavy atom. The van der Waals surface area contributed by atoms with E-state index in [1.54, 1.807) is 18.9 Å². The lowest BCUT2D eigenvalue weighted by atomic mass is 9.78. The van der Waals surface area contributed by atoms with Gasteiger partial charge in [-0.2, -0.15) is 0 Å². The standard InChI is InChI=1S/C13H20N2OS/c1-16-11-3-4-12(17-2)9-5-6-13(15,8-14)7-10(9)11/h3-4H,5-8,14-15H2,1-2H3. The molecule has 0 fully saturated rings. The number of fused-ring (bicyclic) bond motifs is 1. The molecule has 4 heteroatoms. The summed E-state index contributed by atoms with van der Waals surface area (Å²) >= 11 is 1.78. The van der Waals surface area contributed by atoms with Gasteiger partial charge in [-0.1, -0.05) is 0 Å². The quantitative estimate of drug-likeness (QED) is 0.802. The average Bonchev–Trinajstić information content (AvgIpc) is 2.37. The number of nitrogens with two attached hydrogens (primary N) is 2. The van der Waals surface area contributed by atoms with Crippen LogP contribution in [0.2, 0.25) is 0 Å². The molecule has 0 saturated heterocycles. The lowest BCUT2D eigenvalue weighted by molar-refractivity contribution is 0.357. The fourth-order valence-electron chi connectivity index (χ4n) is 2.49. The third kappa shape index (κ3) is 2.30. The number of ether oxygens (including phenoxy) is 1. The molecular formula is C13H20N2OS. The predicted molar refractivity (Wildman–Crippen MR) is 72.8 cm³/mol. The number of rotatable bonds is 3. The van der Waals surface area contributed by atoms with Gasteiger partial charge >= 0.3 is 0 Å². The van der Waals surface area contributed by atoms with E-state index >= 15 is 0 Å². The van der Waals surface area contributed by atoms with Crippen LogP contribution >= 0.6 is 11.8 Å². The van der Waals surface area contributed by atoms with Crippen LogP contribution in [0.5, 0.6) is 5.75 Å². The highest BCUT2D eigenvalue weighted by molar-refractivity contribution is 7.98. The van der Waals surface area contributed by atoms with Crippen LogP contribution in [0.15, 0.2) is 17.0 Å². The van der Waals surface area contributed by atoms with E-state index in [4.69, 9.17) is 16.2 Å². The number of hydrogen-bond acceptors (Lipinski definition) is 4. The number of thioether (sulfide) groups is 1. The molecule has 1 aromatic rings. The van der Waals surface area contributed by atoms with Gasteiger partial charge in [0.25, 0.3) is 0 Å². The first-order valence-corrected chi connectivity index (χ1v) is 7.07. The molecule has 0 bridgehead atoms. The van der Waals surface area contributed by atoms with E-state index < -0.39 is 0 Å². The van der Waals surface area contributed by atoms with Crippen LogP contribution in [0.3, 0.4) is 0 Å². The first-order chi connectivity index (χ1) is 8.13. The largest absolute Gasteiger partial charge is 0.496 e. The lowest BCUT2D eigenvalue weighted by Crippen LogP contribution is -2.51. The van der Waals surface area contributed by atoms with E-state index in [1.807, 2.05) is 6.07 Å². The second-order valence-corrected chi connectivity index (χ2v) is 5.52. The Bertz CT molecular complexity index is 422. The Morgan fingerprint density at radius 2 is 2.18 bits per heavy atom. The van der Waals surface area contributed by atoms with Gasteiger partial charge in [0.05, 0.1) is 7.11 Å². The van der Waals surface area contributed by atoms with Crippen molar-refractivity contribution in [1.29, 1.82) is 0 Å². The summed E-state index contributed by atoms with van der Waals surface area (Å²) in [5, 5.41) is 0. The minimum Gasteiger partial charge on any atom is -0.496 e. The fourth-order valence-corrected chi connectivity index (χ4v) is 3.16. The number of benzene rings is 1. The molecule has 0 saturated carbocycles. The summed E-state index contributed by atoms with van der Waals surface area (Å²) in [6.45, 7) is 0.527. The van der Waals surface area contributed by atoms with E-state index in [1.165, 1.54) is 16.0 Å². The third-order valence-electron chi connectivity index (χ3n) is 3.59. The molecule has 0 heterocycles. The van der Waals surface area contributed by atoms with Crippen LogP contribution < -0.4 is 16.2 Å². The normalized spacial score (nSPS) is 23.3. The van der Waals surface area contributed by atoms with Crippen molar-refractivity contribution in [2.45, 2.75) is 29.7 Å². The van der Waals surface area contributed by atoms with Gasteiger partial charge in [-0.05, 0) is 43.2 Å². The summed E-state index contributed by atoms with van der Waals surface area (Å²) in [7, 11) is 1.71. The zero-order chi connectivity index (χ0) is 12.5. The summed E-state index contributed by atoms with van der Waals surface area (Å²) in [5.74, 6) is 0.945. The van der Waals surface area contributed by atoms with E-state index in [9.17, 15) is 0 Å². The Kier molecular flexibility index (Phi) is 3.66. The second kappa shape index (κ2) is 4.88. The summed E-state index contributed by atoms with van der Waals surface area (Å²) < 4.78 is 5.44. The van der Waals surface area contributed by atoms with Crippen LogP contribution in [0, 0.1) is 0 Å². The van der Waals surface area contributed by atoms with E-state index in [0.717, 1.165) is 25.0 Å². The van der Waals surface area contributed by atoms with Crippen molar-refractivity contribution >= 4 is 11.8 Å². The predicted octanol–water partition coefficient (Wildman–Crippen LogP) is 1.56. The Balaban J connectivity index is 2.47. The molecule has 0 amide bonds. The minimum atomic E-state index is -0.267. The highest BCUT2D eigenvalue weighted by Crippen LogP contribution is 2.38. The van der Waals surface area contributed by atoms with Crippen molar-refractivity contribution in [3.05, 3.63) is 23.3 Å². The first-order valence-electron chi connectivity index (χ1n) is 5.85. The van der Waals surface area contributed by atoms with Gasteiger partial charge in [0.15, 0.2) is 0 Å². The van der Waals surface area contributed by atoms with Crippen LogP contribution in [-0.2, 0) is 12.8 Å². The zero-order valence-corrected chi connectivity index (χ0v) is 11.3. The van der Waals surface area contributed by atoms with Crippen molar-refractivity contribution in [1.82, 2.24) is 0 Å². The van der Waals surface area contributed by atoms with Crippen molar-refractivity contribution in [2.24, 2.45) is 11.5 Å².